The van der Waals surface area contributed by atoms with E-state index in [0.717, 1.165) is 25.4 Å². The number of carbonyl (C=O) groups is 1. The highest BCUT2D eigenvalue weighted by molar-refractivity contribution is 5.76. The first-order chi connectivity index (χ1) is 11.9. The number of unbranched alkanes of at least 4 members (excludes halogenated alkanes) is 6. The molecule has 1 heterocycles. The highest BCUT2D eigenvalue weighted by Gasteiger charge is 2.16. The molecular weight excluding hydrogens is 294 g/mol. The van der Waals surface area contributed by atoms with Crippen molar-refractivity contribution in [2.45, 2.75) is 89.9 Å². The third-order valence-corrected chi connectivity index (χ3v) is 5.46. The summed E-state index contributed by atoms with van der Waals surface area (Å²) in [6.45, 7) is 1.97. The second-order valence-corrected chi connectivity index (χ2v) is 7.56. The molecule has 0 aromatic rings. The van der Waals surface area contributed by atoms with Crippen LogP contribution in [0.2, 0.25) is 0 Å². The van der Waals surface area contributed by atoms with Crippen molar-refractivity contribution in [2.24, 2.45) is 5.92 Å². The van der Waals surface area contributed by atoms with Gasteiger partial charge in [-0.3, -0.25) is 4.79 Å². The van der Waals surface area contributed by atoms with E-state index in [2.05, 4.69) is 24.3 Å². The molecule has 0 bridgehead atoms. The van der Waals surface area contributed by atoms with Gasteiger partial charge in [-0.2, -0.15) is 0 Å². The SMILES string of the molecule is O=C(CC/C=C/CCCCCCCCC1C=CCC1)N1CCCC1. The molecule has 0 spiro atoms. The van der Waals surface area contributed by atoms with Gasteiger partial charge in [-0.05, 0) is 57.3 Å². The van der Waals surface area contributed by atoms with E-state index in [1.54, 1.807) is 0 Å². The number of nitrogens with zero attached hydrogens (tertiary/aromatic N) is 1. The number of likely N-dealkylation sites (tertiary alicyclic amines) is 1. The highest BCUT2D eigenvalue weighted by Crippen LogP contribution is 2.23. The first-order valence-electron chi connectivity index (χ1n) is 10.5. The molecule has 1 saturated heterocycles. The number of allylic oxidation sites excluding steroid dienone is 4. The summed E-state index contributed by atoms with van der Waals surface area (Å²) in [5.74, 6) is 1.25. The zero-order valence-corrected chi connectivity index (χ0v) is 15.6. The summed E-state index contributed by atoms with van der Waals surface area (Å²) < 4.78 is 0. The molecule has 1 atom stereocenters. The number of amides is 1. The topological polar surface area (TPSA) is 20.3 Å². The van der Waals surface area contributed by atoms with Crippen LogP contribution in [0.3, 0.4) is 0 Å². The fourth-order valence-corrected chi connectivity index (χ4v) is 3.88. The van der Waals surface area contributed by atoms with Crippen LogP contribution in [-0.4, -0.2) is 23.9 Å². The molecular formula is C22H37NO. The largest absolute Gasteiger partial charge is 0.343 e. The molecule has 1 aliphatic heterocycles. The van der Waals surface area contributed by atoms with Crippen LogP contribution in [0.25, 0.3) is 0 Å². The van der Waals surface area contributed by atoms with Crippen molar-refractivity contribution in [3.8, 4) is 0 Å². The quantitative estimate of drug-likeness (QED) is 0.316. The minimum absolute atomic E-state index is 0.352. The zero-order chi connectivity index (χ0) is 16.9. The number of hydrogen-bond donors (Lipinski definition) is 0. The minimum atomic E-state index is 0.352. The Morgan fingerprint density at radius 3 is 2.42 bits per heavy atom. The third kappa shape index (κ3) is 8.17. The molecule has 2 rings (SSSR count). The van der Waals surface area contributed by atoms with Crippen molar-refractivity contribution in [1.29, 1.82) is 0 Å². The maximum Gasteiger partial charge on any atom is 0.222 e. The van der Waals surface area contributed by atoms with Gasteiger partial charge in [-0.25, -0.2) is 0 Å². The fourth-order valence-electron chi connectivity index (χ4n) is 3.88. The lowest BCUT2D eigenvalue weighted by molar-refractivity contribution is -0.130. The first-order valence-corrected chi connectivity index (χ1v) is 10.5. The molecule has 24 heavy (non-hydrogen) atoms. The van der Waals surface area contributed by atoms with E-state index in [-0.39, 0.29) is 0 Å². The Kier molecular flexibility index (Phi) is 9.91. The van der Waals surface area contributed by atoms with Crippen LogP contribution in [0.4, 0.5) is 0 Å². The van der Waals surface area contributed by atoms with Crippen molar-refractivity contribution in [1.82, 2.24) is 4.90 Å². The maximum absolute atomic E-state index is 11.9. The van der Waals surface area contributed by atoms with E-state index in [1.807, 2.05) is 4.90 Å². The average molecular weight is 332 g/mol. The second kappa shape index (κ2) is 12.3. The van der Waals surface area contributed by atoms with E-state index < -0.39 is 0 Å². The number of carbonyl (C=O) groups excluding carboxylic acids is 1. The predicted octanol–water partition coefficient (Wildman–Crippen LogP) is 6.03. The summed E-state index contributed by atoms with van der Waals surface area (Å²) in [5.41, 5.74) is 0. The fraction of sp³-hybridized carbons (Fsp3) is 0.773. The molecule has 1 amide bonds. The lowest BCUT2D eigenvalue weighted by Crippen LogP contribution is -2.27. The summed E-state index contributed by atoms with van der Waals surface area (Å²) in [7, 11) is 0. The van der Waals surface area contributed by atoms with Gasteiger partial charge in [0.2, 0.25) is 5.91 Å². The van der Waals surface area contributed by atoms with Crippen LogP contribution >= 0.6 is 0 Å². The van der Waals surface area contributed by atoms with E-state index >= 15 is 0 Å². The monoisotopic (exact) mass is 331 g/mol. The molecule has 2 heteroatoms. The van der Waals surface area contributed by atoms with Gasteiger partial charge in [0.15, 0.2) is 0 Å². The van der Waals surface area contributed by atoms with Gasteiger partial charge in [0.05, 0.1) is 0 Å². The van der Waals surface area contributed by atoms with Crippen molar-refractivity contribution in [3.63, 3.8) is 0 Å². The zero-order valence-electron chi connectivity index (χ0n) is 15.6. The lowest BCUT2D eigenvalue weighted by atomic mass is 10.00. The van der Waals surface area contributed by atoms with E-state index in [0.29, 0.717) is 12.3 Å². The molecule has 0 saturated carbocycles. The van der Waals surface area contributed by atoms with Crippen LogP contribution in [0, 0.1) is 5.92 Å². The van der Waals surface area contributed by atoms with Crippen molar-refractivity contribution >= 4 is 5.91 Å². The average Bonchev–Trinajstić information content (AvgIpc) is 3.29. The van der Waals surface area contributed by atoms with Crippen LogP contribution in [-0.2, 0) is 4.79 Å². The molecule has 136 valence electrons. The van der Waals surface area contributed by atoms with Gasteiger partial charge in [0.1, 0.15) is 0 Å². The van der Waals surface area contributed by atoms with Crippen molar-refractivity contribution in [3.05, 3.63) is 24.3 Å². The third-order valence-electron chi connectivity index (χ3n) is 5.46. The van der Waals surface area contributed by atoms with Crippen LogP contribution in [0.5, 0.6) is 0 Å². The Bertz CT molecular complexity index is 393. The summed E-state index contributed by atoms with van der Waals surface area (Å²) in [6.07, 6.45) is 26.9. The number of rotatable bonds is 12. The molecule has 1 fully saturated rings. The molecule has 0 aromatic heterocycles. The normalized spacial score (nSPS) is 20.5. The van der Waals surface area contributed by atoms with E-state index in [4.69, 9.17) is 0 Å². The van der Waals surface area contributed by atoms with Gasteiger partial charge < -0.3 is 4.90 Å². The summed E-state index contributed by atoms with van der Waals surface area (Å²) in [6, 6.07) is 0. The lowest BCUT2D eigenvalue weighted by Gasteiger charge is -2.13. The Balaban J connectivity index is 1.32. The van der Waals surface area contributed by atoms with Gasteiger partial charge in [0.25, 0.3) is 0 Å². The van der Waals surface area contributed by atoms with Crippen LogP contribution in [0.1, 0.15) is 89.9 Å². The van der Waals surface area contributed by atoms with Crippen LogP contribution in [0.15, 0.2) is 24.3 Å². The van der Waals surface area contributed by atoms with E-state index in [1.165, 1.54) is 77.0 Å². The maximum atomic E-state index is 11.9. The van der Waals surface area contributed by atoms with Crippen molar-refractivity contribution in [2.75, 3.05) is 13.1 Å². The highest BCUT2D eigenvalue weighted by atomic mass is 16.2. The molecule has 1 unspecified atom stereocenters. The van der Waals surface area contributed by atoms with Crippen LogP contribution < -0.4 is 0 Å². The standard InChI is InChI=1S/C22H37NO/c24-22(23-19-13-14-20-23)18-10-8-6-4-2-1-3-5-7-9-15-21-16-11-12-17-21/h6,8,11,16,21H,1-5,7,9-10,12-15,17-20H2/b8-6+. The molecule has 0 radical (unpaired) electrons. The molecule has 2 nitrogen and oxygen atoms in total. The summed E-state index contributed by atoms with van der Waals surface area (Å²) in [4.78, 5) is 13.9. The van der Waals surface area contributed by atoms with Gasteiger partial charge >= 0.3 is 0 Å². The smallest absolute Gasteiger partial charge is 0.222 e. The Hall–Kier alpha value is -1.05. The van der Waals surface area contributed by atoms with Gasteiger partial charge in [-0.1, -0.05) is 56.4 Å². The Morgan fingerprint density at radius 2 is 1.67 bits per heavy atom. The minimum Gasteiger partial charge on any atom is -0.343 e. The predicted molar refractivity (Wildman–Crippen MR) is 103 cm³/mol. The Morgan fingerprint density at radius 1 is 0.958 bits per heavy atom. The van der Waals surface area contributed by atoms with E-state index in [9.17, 15) is 4.79 Å². The Labute approximate surface area is 149 Å². The molecule has 0 aromatic carbocycles. The molecule has 1 aliphatic carbocycles. The number of hydrogen-bond acceptors (Lipinski definition) is 1. The molecule has 0 N–H and O–H groups in total. The van der Waals surface area contributed by atoms with Gasteiger partial charge in [0, 0.05) is 19.5 Å². The first kappa shape index (κ1) is 19.3. The second-order valence-electron chi connectivity index (χ2n) is 7.56. The summed E-state index contributed by atoms with van der Waals surface area (Å²) >= 11 is 0. The molecule has 2 aliphatic rings. The van der Waals surface area contributed by atoms with Gasteiger partial charge in [-0.15, -0.1) is 0 Å². The van der Waals surface area contributed by atoms with Crippen molar-refractivity contribution < 1.29 is 4.79 Å². The summed E-state index contributed by atoms with van der Waals surface area (Å²) in [5, 5.41) is 0.